The van der Waals surface area contributed by atoms with Gasteiger partial charge in [0.1, 0.15) is 13.3 Å². The van der Waals surface area contributed by atoms with Crippen molar-refractivity contribution in [2.24, 2.45) is 0 Å². The zero-order chi connectivity index (χ0) is 16.5. The number of allylic oxidation sites excluding steroid dienone is 2. The molecule has 0 aromatic carbocycles. The summed E-state index contributed by atoms with van der Waals surface area (Å²) in [4.78, 5) is 9.95. The molecular weight excluding hydrogens is 312 g/mol. The fourth-order valence-corrected chi connectivity index (χ4v) is 0.179. The molecular formula is C17H40F4O2. The number of methoxy groups -OCH3 is 1. The first-order valence-corrected chi connectivity index (χ1v) is 4.98. The summed E-state index contributed by atoms with van der Waals surface area (Å²) >= 11 is 0. The summed E-state index contributed by atoms with van der Waals surface area (Å²) in [5.41, 5.74) is 0. The molecule has 148 valence electrons. The molecule has 0 amide bonds. The number of carbonyl (C=O) groups excluding carboxylic acids is 1. The lowest BCUT2D eigenvalue weighted by atomic mass is 10.5. The van der Waals surface area contributed by atoms with Crippen LogP contribution in [0.5, 0.6) is 0 Å². The van der Waals surface area contributed by atoms with Crippen LogP contribution < -0.4 is 0 Å². The van der Waals surface area contributed by atoms with Gasteiger partial charge in [0.25, 0.3) is 0 Å². The van der Waals surface area contributed by atoms with Gasteiger partial charge < -0.3 is 4.74 Å². The van der Waals surface area contributed by atoms with Gasteiger partial charge in [-0.1, -0.05) is 41.9 Å². The quantitative estimate of drug-likeness (QED) is 0.318. The molecule has 0 spiro atoms. The molecule has 0 unspecified atom stereocenters. The van der Waals surface area contributed by atoms with Crippen LogP contribution >= 0.6 is 0 Å². The number of halogens is 4. The highest BCUT2D eigenvalue weighted by molar-refractivity contribution is 5.69. The highest BCUT2D eigenvalue weighted by Gasteiger charge is 1.94. The summed E-state index contributed by atoms with van der Waals surface area (Å²) in [6, 6.07) is 0. The lowest BCUT2D eigenvalue weighted by Crippen LogP contribution is -1.99. The van der Waals surface area contributed by atoms with Crippen LogP contribution in [0.1, 0.15) is 36.1 Å². The van der Waals surface area contributed by atoms with Gasteiger partial charge in [0, 0.05) is 0 Å². The predicted octanol–water partition coefficient (Wildman–Crippen LogP) is 6.74. The first-order valence-electron chi connectivity index (χ1n) is 4.98. The second-order valence-corrected chi connectivity index (χ2v) is 1.90. The van der Waals surface area contributed by atoms with Crippen molar-refractivity contribution >= 4 is 5.97 Å². The van der Waals surface area contributed by atoms with Gasteiger partial charge in [0.05, 0.1) is 27.4 Å². The topological polar surface area (TPSA) is 26.3 Å². The molecule has 0 N–H and O–H groups in total. The Morgan fingerprint density at radius 3 is 1.17 bits per heavy atom. The van der Waals surface area contributed by atoms with E-state index in [1.165, 1.54) is 19.3 Å². The standard InChI is InChI=1S/C4H7FO2.2C3H5F.C2H4.CH3F.4CH4/c1-7-4(6)2-3-5;2*1-2-3-4;2*1-2;;;;/h2-3H2,1H3;2*2H,1,3H2;1-2H2;1H3;4*1H4. The average Bonchev–Trinajstić information content (AvgIpc) is 2.51. The second-order valence-electron chi connectivity index (χ2n) is 1.90. The van der Waals surface area contributed by atoms with E-state index in [4.69, 9.17) is 0 Å². The molecule has 0 aliphatic carbocycles. The highest BCUT2D eigenvalue weighted by atomic mass is 19.1. The Morgan fingerprint density at radius 1 is 0.913 bits per heavy atom. The molecule has 2 nitrogen and oxygen atoms in total. The molecule has 0 aromatic heterocycles. The van der Waals surface area contributed by atoms with Crippen molar-refractivity contribution in [2.45, 2.75) is 36.1 Å². The molecule has 0 atom stereocenters. The van der Waals surface area contributed by atoms with Gasteiger partial charge in [-0.25, -0.2) is 8.78 Å². The third-order valence-corrected chi connectivity index (χ3v) is 0.745. The summed E-state index contributed by atoms with van der Waals surface area (Å²) in [6.07, 6.45) is 2.29. The molecule has 0 aliphatic heterocycles. The predicted molar refractivity (Wildman–Crippen MR) is 100 cm³/mol. The number of ether oxygens (including phenoxy) is 1. The Hall–Kier alpha value is -1.59. The Kier molecular flexibility index (Phi) is 274. The Bertz CT molecular complexity index is 159. The van der Waals surface area contributed by atoms with Crippen molar-refractivity contribution in [1.82, 2.24) is 0 Å². The van der Waals surface area contributed by atoms with Crippen molar-refractivity contribution in [3.8, 4) is 0 Å². The molecule has 0 fully saturated rings. The van der Waals surface area contributed by atoms with E-state index < -0.39 is 26.0 Å². The number of esters is 1. The molecule has 0 saturated carbocycles. The van der Waals surface area contributed by atoms with Crippen molar-refractivity contribution < 1.29 is 27.1 Å². The van der Waals surface area contributed by atoms with Crippen LogP contribution in [0.2, 0.25) is 0 Å². The third-order valence-electron chi connectivity index (χ3n) is 0.745. The highest BCUT2D eigenvalue weighted by Crippen LogP contribution is 1.82. The normalized spacial score (nSPS) is 5.13. The Balaban J connectivity index is -0.0000000157. The number of hydrogen-bond acceptors (Lipinski definition) is 2. The van der Waals surface area contributed by atoms with Crippen LogP contribution in [0.4, 0.5) is 17.6 Å². The summed E-state index contributed by atoms with van der Waals surface area (Å²) in [6.45, 7) is 10.7. The zero-order valence-electron chi connectivity index (χ0n) is 11.6. The molecule has 0 rings (SSSR count). The summed E-state index contributed by atoms with van der Waals surface area (Å²) in [5, 5.41) is 0. The minimum atomic E-state index is -0.632. The summed E-state index contributed by atoms with van der Waals surface area (Å²) in [5.74, 6) is -0.498. The molecule has 0 aliphatic rings. The van der Waals surface area contributed by atoms with Crippen molar-refractivity contribution in [3.63, 3.8) is 0 Å². The van der Waals surface area contributed by atoms with Gasteiger partial charge in [-0.05, 0) is 0 Å². The van der Waals surface area contributed by atoms with Gasteiger partial charge in [-0.2, -0.15) is 0 Å². The molecule has 0 heterocycles. The van der Waals surface area contributed by atoms with Gasteiger partial charge in [-0.3, -0.25) is 13.6 Å². The summed E-state index contributed by atoms with van der Waals surface area (Å²) < 4.78 is 45.9. The Morgan fingerprint density at radius 2 is 1.13 bits per heavy atom. The van der Waals surface area contributed by atoms with Crippen molar-refractivity contribution in [3.05, 3.63) is 38.5 Å². The van der Waals surface area contributed by atoms with Crippen LogP contribution in [-0.4, -0.2) is 40.3 Å². The van der Waals surface area contributed by atoms with E-state index in [-0.39, 0.29) is 36.1 Å². The van der Waals surface area contributed by atoms with E-state index in [0.29, 0.717) is 7.18 Å². The fraction of sp³-hybridized carbons (Fsp3) is 0.588. The fourth-order valence-electron chi connectivity index (χ4n) is 0.179. The van der Waals surface area contributed by atoms with Gasteiger partial charge in [-0.15, -0.1) is 26.3 Å². The van der Waals surface area contributed by atoms with Crippen molar-refractivity contribution in [1.29, 1.82) is 0 Å². The molecule has 0 bridgehead atoms. The maximum absolute atomic E-state index is 11.1. The monoisotopic (exact) mass is 352 g/mol. The van der Waals surface area contributed by atoms with E-state index in [9.17, 15) is 22.4 Å². The summed E-state index contributed by atoms with van der Waals surface area (Å²) in [7, 11) is 1.73. The lowest BCUT2D eigenvalue weighted by Gasteiger charge is -1.89. The van der Waals surface area contributed by atoms with Gasteiger partial charge in [0.2, 0.25) is 0 Å². The van der Waals surface area contributed by atoms with Crippen molar-refractivity contribution in [2.75, 3.05) is 34.3 Å². The number of carbonyl (C=O) groups is 1. The van der Waals surface area contributed by atoms with Gasteiger partial charge in [0.15, 0.2) is 0 Å². The molecule has 0 aromatic rings. The van der Waals surface area contributed by atoms with Crippen LogP contribution in [0.25, 0.3) is 0 Å². The van der Waals surface area contributed by atoms with Crippen LogP contribution in [-0.2, 0) is 9.53 Å². The molecule has 23 heavy (non-hydrogen) atoms. The zero-order valence-corrected chi connectivity index (χ0v) is 11.6. The lowest BCUT2D eigenvalue weighted by molar-refractivity contribution is -0.140. The largest absolute Gasteiger partial charge is 0.469 e. The first-order chi connectivity index (χ1) is 9.14. The van der Waals surface area contributed by atoms with E-state index >= 15 is 0 Å². The van der Waals surface area contributed by atoms with E-state index in [1.54, 1.807) is 0 Å². The smallest absolute Gasteiger partial charge is 0.308 e. The number of rotatable bonds is 4. The number of hydrogen-bond donors (Lipinski definition) is 0. The second kappa shape index (κ2) is 109. The Labute approximate surface area is 142 Å². The SMILES string of the molecule is C.C.C.C.C=C.C=CCF.C=CCF.CF.COC(=O)CCF. The minimum absolute atomic E-state index is 0. The van der Waals surface area contributed by atoms with E-state index in [0.717, 1.165) is 0 Å². The van der Waals surface area contributed by atoms with Crippen LogP contribution in [0, 0.1) is 0 Å². The van der Waals surface area contributed by atoms with E-state index in [2.05, 4.69) is 31.1 Å². The third kappa shape index (κ3) is 236. The maximum Gasteiger partial charge on any atom is 0.308 e. The molecule has 0 saturated heterocycles. The molecule has 6 heteroatoms. The molecule has 0 radical (unpaired) electrons. The van der Waals surface area contributed by atoms with Crippen LogP contribution in [0.15, 0.2) is 38.5 Å². The first kappa shape index (κ1) is 57.9. The maximum atomic E-state index is 11.1. The van der Waals surface area contributed by atoms with Crippen LogP contribution in [0.3, 0.4) is 0 Å². The average molecular weight is 352 g/mol. The van der Waals surface area contributed by atoms with Gasteiger partial charge >= 0.3 is 5.97 Å². The minimum Gasteiger partial charge on any atom is -0.469 e. The number of alkyl halides is 4. The van der Waals surface area contributed by atoms with E-state index in [1.807, 2.05) is 0 Å².